The third-order valence-corrected chi connectivity index (χ3v) is 7.92. The van der Waals surface area contributed by atoms with E-state index in [0.717, 1.165) is 41.6 Å². The number of thiophene rings is 1. The molecular weight excluding hydrogens is 442 g/mol. The van der Waals surface area contributed by atoms with Gasteiger partial charge in [-0.1, -0.05) is 30.0 Å². The van der Waals surface area contributed by atoms with Crippen LogP contribution in [-0.2, 0) is 24.2 Å². The number of hydrogen-bond acceptors (Lipinski definition) is 6. The zero-order valence-electron chi connectivity index (χ0n) is 17.7. The molecule has 1 amide bonds. The van der Waals surface area contributed by atoms with Crippen molar-refractivity contribution in [3.05, 3.63) is 75.3 Å². The minimum atomic E-state index is -0.0504. The van der Waals surface area contributed by atoms with Gasteiger partial charge in [0.15, 0.2) is 5.16 Å². The van der Waals surface area contributed by atoms with Crippen molar-refractivity contribution in [3.63, 3.8) is 0 Å². The first-order valence-electron chi connectivity index (χ1n) is 10.6. The number of aromatic nitrogens is 2. The second kappa shape index (κ2) is 8.96. The second-order valence-electron chi connectivity index (χ2n) is 7.83. The minimum Gasteiger partial charge on any atom is -0.467 e. The minimum absolute atomic E-state index is 0.0443. The standard InChI is InChI=1S/C24H23N3O3S2/c1-26(16-8-3-2-4-9-16)20(28)15-31-24-25-22-21(18-11-5-6-12-19(18)32-22)23(29)27(24)14-17-10-7-13-30-17/h2-4,7-10,13H,5-6,11-12,14-15H2,1H3. The molecule has 0 spiro atoms. The van der Waals surface area contributed by atoms with Crippen LogP contribution in [0.2, 0.25) is 0 Å². The molecular formula is C24H23N3O3S2. The van der Waals surface area contributed by atoms with Gasteiger partial charge in [-0.05, 0) is 55.5 Å². The summed E-state index contributed by atoms with van der Waals surface area (Å²) in [6, 6.07) is 13.2. The summed E-state index contributed by atoms with van der Waals surface area (Å²) >= 11 is 2.93. The van der Waals surface area contributed by atoms with E-state index in [9.17, 15) is 9.59 Å². The predicted molar refractivity (Wildman–Crippen MR) is 129 cm³/mol. The highest BCUT2D eigenvalue weighted by molar-refractivity contribution is 7.99. The van der Waals surface area contributed by atoms with E-state index < -0.39 is 0 Å². The first-order chi connectivity index (χ1) is 15.6. The molecule has 3 heterocycles. The third kappa shape index (κ3) is 4.00. The SMILES string of the molecule is CN(C(=O)CSc1nc2sc3c(c2c(=O)n1Cc1ccco1)CCCC3)c1ccccc1. The first-order valence-corrected chi connectivity index (χ1v) is 12.4. The zero-order chi connectivity index (χ0) is 22.1. The van der Waals surface area contributed by atoms with Crippen LogP contribution in [0.4, 0.5) is 5.69 Å². The fraction of sp³-hybridized carbons (Fsp3) is 0.292. The van der Waals surface area contributed by atoms with Crippen LogP contribution in [0.3, 0.4) is 0 Å². The van der Waals surface area contributed by atoms with Crippen molar-refractivity contribution >= 4 is 44.9 Å². The van der Waals surface area contributed by atoms with Crippen molar-refractivity contribution < 1.29 is 9.21 Å². The highest BCUT2D eigenvalue weighted by atomic mass is 32.2. The summed E-state index contributed by atoms with van der Waals surface area (Å²) < 4.78 is 7.16. The van der Waals surface area contributed by atoms with Crippen LogP contribution in [0.5, 0.6) is 0 Å². The number of hydrogen-bond donors (Lipinski definition) is 0. The number of nitrogens with zero attached hydrogens (tertiary/aromatic N) is 3. The fourth-order valence-electron chi connectivity index (χ4n) is 4.05. The van der Waals surface area contributed by atoms with E-state index in [2.05, 4.69) is 0 Å². The Morgan fingerprint density at radius 3 is 2.78 bits per heavy atom. The highest BCUT2D eigenvalue weighted by Gasteiger charge is 2.23. The van der Waals surface area contributed by atoms with Gasteiger partial charge in [0.25, 0.3) is 5.56 Å². The molecule has 0 fully saturated rings. The van der Waals surface area contributed by atoms with E-state index in [1.807, 2.05) is 42.5 Å². The lowest BCUT2D eigenvalue weighted by molar-refractivity contribution is -0.115. The molecule has 0 saturated carbocycles. The van der Waals surface area contributed by atoms with Gasteiger partial charge in [0.2, 0.25) is 5.91 Å². The van der Waals surface area contributed by atoms with Crippen molar-refractivity contribution in [1.29, 1.82) is 0 Å². The number of thioether (sulfide) groups is 1. The summed E-state index contributed by atoms with van der Waals surface area (Å²) in [5, 5.41) is 1.29. The van der Waals surface area contributed by atoms with Crippen LogP contribution in [0.15, 0.2) is 63.1 Å². The molecule has 8 heteroatoms. The monoisotopic (exact) mass is 465 g/mol. The number of fused-ring (bicyclic) bond motifs is 3. The summed E-state index contributed by atoms with van der Waals surface area (Å²) in [7, 11) is 1.76. The number of benzene rings is 1. The Kier molecular flexibility index (Phi) is 5.89. The van der Waals surface area contributed by atoms with Crippen molar-refractivity contribution in [3.8, 4) is 0 Å². The van der Waals surface area contributed by atoms with E-state index in [1.165, 1.54) is 22.2 Å². The number of carbonyl (C=O) groups is 1. The average molecular weight is 466 g/mol. The Labute approximate surface area is 193 Å². The molecule has 32 heavy (non-hydrogen) atoms. The molecule has 0 radical (unpaired) electrons. The van der Waals surface area contributed by atoms with Crippen LogP contribution in [0.1, 0.15) is 29.0 Å². The molecule has 1 aromatic carbocycles. The molecule has 0 unspecified atom stereocenters. The van der Waals surface area contributed by atoms with Crippen molar-refractivity contribution in [2.24, 2.45) is 0 Å². The maximum atomic E-state index is 13.6. The van der Waals surface area contributed by atoms with Gasteiger partial charge in [-0.2, -0.15) is 0 Å². The first kappa shape index (κ1) is 21.0. The zero-order valence-corrected chi connectivity index (χ0v) is 19.4. The second-order valence-corrected chi connectivity index (χ2v) is 9.86. The van der Waals surface area contributed by atoms with Gasteiger partial charge in [0, 0.05) is 17.6 Å². The van der Waals surface area contributed by atoms with Crippen molar-refractivity contribution in [2.75, 3.05) is 17.7 Å². The maximum absolute atomic E-state index is 13.6. The number of rotatable bonds is 6. The van der Waals surface area contributed by atoms with E-state index in [4.69, 9.17) is 9.40 Å². The summed E-state index contributed by atoms with van der Waals surface area (Å²) in [5.41, 5.74) is 1.95. The molecule has 5 rings (SSSR count). The van der Waals surface area contributed by atoms with E-state index in [0.29, 0.717) is 17.5 Å². The molecule has 3 aromatic heterocycles. The van der Waals surface area contributed by atoms with E-state index >= 15 is 0 Å². The quantitative estimate of drug-likeness (QED) is 0.304. The summed E-state index contributed by atoms with van der Waals surface area (Å²) in [6.45, 7) is 0.296. The Hall–Kier alpha value is -2.84. The molecule has 1 aliphatic carbocycles. The number of furan rings is 1. The van der Waals surface area contributed by atoms with Gasteiger partial charge < -0.3 is 9.32 Å². The number of aryl methyl sites for hydroxylation is 2. The van der Waals surface area contributed by atoms with Crippen LogP contribution in [0.25, 0.3) is 10.2 Å². The highest BCUT2D eigenvalue weighted by Crippen LogP contribution is 2.35. The Morgan fingerprint density at radius 1 is 1.19 bits per heavy atom. The molecule has 0 N–H and O–H groups in total. The van der Waals surface area contributed by atoms with Crippen molar-refractivity contribution in [2.45, 2.75) is 37.4 Å². The summed E-state index contributed by atoms with van der Waals surface area (Å²) in [6.07, 6.45) is 5.80. The van der Waals surface area contributed by atoms with Gasteiger partial charge in [-0.15, -0.1) is 11.3 Å². The molecule has 1 aliphatic rings. The lowest BCUT2D eigenvalue weighted by Crippen LogP contribution is -2.29. The largest absolute Gasteiger partial charge is 0.467 e. The topological polar surface area (TPSA) is 68.3 Å². The van der Waals surface area contributed by atoms with E-state index in [1.54, 1.807) is 34.1 Å². The Bertz CT molecular complexity index is 1310. The number of carbonyl (C=O) groups excluding carboxylic acids is 1. The Balaban J connectivity index is 1.49. The van der Waals surface area contributed by atoms with Crippen molar-refractivity contribution in [1.82, 2.24) is 9.55 Å². The van der Waals surface area contributed by atoms with Gasteiger partial charge in [-0.25, -0.2) is 4.98 Å². The van der Waals surface area contributed by atoms with Crippen LogP contribution >= 0.6 is 23.1 Å². The molecule has 4 aromatic rings. The lowest BCUT2D eigenvalue weighted by Gasteiger charge is -2.17. The third-order valence-electron chi connectivity index (χ3n) is 5.78. The fourth-order valence-corrected chi connectivity index (χ4v) is 6.26. The predicted octanol–water partition coefficient (Wildman–Crippen LogP) is 4.73. The number of amides is 1. The number of para-hydroxylation sites is 1. The molecule has 0 aliphatic heterocycles. The summed E-state index contributed by atoms with van der Waals surface area (Å²) in [4.78, 5) is 35.0. The molecule has 164 valence electrons. The van der Waals surface area contributed by atoms with Gasteiger partial charge in [0.1, 0.15) is 10.6 Å². The number of anilines is 1. The van der Waals surface area contributed by atoms with Gasteiger partial charge in [0.05, 0.1) is 23.9 Å². The van der Waals surface area contributed by atoms with Gasteiger partial charge in [-0.3, -0.25) is 14.2 Å². The molecule has 0 atom stereocenters. The summed E-state index contributed by atoms with van der Waals surface area (Å²) in [5.74, 6) is 0.824. The van der Waals surface area contributed by atoms with Crippen LogP contribution in [-0.4, -0.2) is 28.3 Å². The average Bonchev–Trinajstić information content (AvgIpc) is 3.47. The smallest absolute Gasteiger partial charge is 0.263 e. The molecule has 0 bridgehead atoms. The molecule has 6 nitrogen and oxygen atoms in total. The molecule has 0 saturated heterocycles. The van der Waals surface area contributed by atoms with Gasteiger partial charge >= 0.3 is 0 Å². The lowest BCUT2D eigenvalue weighted by atomic mass is 9.97. The van der Waals surface area contributed by atoms with E-state index in [-0.39, 0.29) is 17.2 Å². The normalized spacial score (nSPS) is 13.3. The van der Waals surface area contributed by atoms with Crippen LogP contribution in [0, 0.1) is 0 Å². The Morgan fingerprint density at radius 2 is 2.00 bits per heavy atom. The maximum Gasteiger partial charge on any atom is 0.263 e. The van der Waals surface area contributed by atoms with Crippen LogP contribution < -0.4 is 10.5 Å².